The van der Waals surface area contributed by atoms with Gasteiger partial charge in [0.15, 0.2) is 4.21 Å². The minimum Gasteiger partial charge on any atom is -0.351 e. The molecule has 0 spiro atoms. The first-order valence-electron chi connectivity index (χ1n) is 11.3. The van der Waals surface area contributed by atoms with E-state index in [1.165, 1.54) is 22.7 Å². The van der Waals surface area contributed by atoms with Crippen LogP contribution in [-0.4, -0.2) is 62.0 Å². The summed E-state index contributed by atoms with van der Waals surface area (Å²) in [6.07, 6.45) is 3.37. The highest BCUT2D eigenvalue weighted by atomic mass is 32.2. The first kappa shape index (κ1) is 27.8. The lowest BCUT2D eigenvalue weighted by Gasteiger charge is -2.05. The molecule has 0 saturated carbocycles. The van der Waals surface area contributed by atoms with E-state index in [-0.39, 0.29) is 16.7 Å². The monoisotopic (exact) mass is 557 g/mol. The molecule has 0 radical (unpaired) electrons. The van der Waals surface area contributed by atoms with Crippen LogP contribution >= 0.6 is 34.0 Å². The minimum absolute atomic E-state index is 0.200. The van der Waals surface area contributed by atoms with Crippen molar-refractivity contribution in [1.29, 1.82) is 0 Å². The Bertz CT molecular complexity index is 1200. The van der Waals surface area contributed by atoms with Gasteiger partial charge >= 0.3 is 0 Å². The molecule has 0 fully saturated rings. The predicted octanol–water partition coefficient (Wildman–Crippen LogP) is 2.31. The zero-order valence-electron chi connectivity index (χ0n) is 19.8. The molecular formula is C21H31N7O3S4. The maximum atomic E-state index is 12.5. The van der Waals surface area contributed by atoms with Crippen molar-refractivity contribution >= 4 is 49.9 Å². The van der Waals surface area contributed by atoms with E-state index in [1.807, 2.05) is 5.38 Å². The SMILES string of the molecule is Cc1nc(C)c(S(=O)(=O)NCCc2nc(-c3nc(C(=O)NCCCNCCCCN)cs3)cs2)s1. The van der Waals surface area contributed by atoms with Gasteiger partial charge in [0.25, 0.3) is 15.9 Å². The van der Waals surface area contributed by atoms with Crippen LogP contribution in [0.3, 0.4) is 0 Å². The molecule has 3 aromatic rings. The van der Waals surface area contributed by atoms with E-state index < -0.39 is 10.0 Å². The topological polar surface area (TPSA) is 152 Å². The molecule has 5 N–H and O–H groups in total. The average Bonchev–Trinajstić information content (AvgIpc) is 3.55. The molecule has 0 bridgehead atoms. The van der Waals surface area contributed by atoms with Crippen molar-refractivity contribution in [3.63, 3.8) is 0 Å². The lowest BCUT2D eigenvalue weighted by molar-refractivity contribution is 0.0949. The molecule has 0 saturated heterocycles. The molecule has 0 aliphatic heterocycles. The minimum atomic E-state index is -3.59. The van der Waals surface area contributed by atoms with Crippen molar-refractivity contribution in [3.8, 4) is 10.7 Å². The van der Waals surface area contributed by atoms with Crippen molar-refractivity contribution in [2.75, 3.05) is 32.7 Å². The number of carbonyl (C=O) groups excluding carboxylic acids is 1. The van der Waals surface area contributed by atoms with Gasteiger partial charge in [-0.05, 0) is 52.7 Å². The van der Waals surface area contributed by atoms with Crippen molar-refractivity contribution < 1.29 is 13.2 Å². The fourth-order valence-corrected chi connectivity index (χ4v) is 7.34. The summed E-state index contributed by atoms with van der Waals surface area (Å²) in [6.45, 7) is 6.78. The van der Waals surface area contributed by atoms with Gasteiger partial charge in [-0.3, -0.25) is 4.79 Å². The van der Waals surface area contributed by atoms with Crippen LogP contribution in [-0.2, 0) is 16.4 Å². The number of nitrogens with one attached hydrogen (secondary N) is 3. The number of hydrogen-bond acceptors (Lipinski definition) is 11. The van der Waals surface area contributed by atoms with E-state index in [1.54, 1.807) is 19.2 Å². The van der Waals surface area contributed by atoms with Gasteiger partial charge in [0, 0.05) is 30.3 Å². The highest BCUT2D eigenvalue weighted by Crippen LogP contribution is 2.26. The number of carbonyl (C=O) groups is 1. The van der Waals surface area contributed by atoms with Crippen molar-refractivity contribution in [2.45, 2.75) is 43.7 Å². The molecule has 0 unspecified atom stereocenters. The van der Waals surface area contributed by atoms with Crippen molar-refractivity contribution in [1.82, 2.24) is 30.3 Å². The Hall–Kier alpha value is -1.81. The molecule has 0 aromatic carbocycles. The van der Waals surface area contributed by atoms with Crippen LogP contribution in [0.2, 0.25) is 0 Å². The maximum absolute atomic E-state index is 12.5. The fourth-order valence-electron chi connectivity index (χ4n) is 3.16. The number of nitrogens with two attached hydrogens (primary N) is 1. The molecule has 10 nitrogen and oxygen atoms in total. The summed E-state index contributed by atoms with van der Waals surface area (Å²) in [5.41, 5.74) is 7.04. The fraction of sp³-hybridized carbons (Fsp3) is 0.524. The molecule has 0 atom stereocenters. The molecule has 1 amide bonds. The van der Waals surface area contributed by atoms with Crippen LogP contribution in [0.25, 0.3) is 10.7 Å². The molecule has 0 aliphatic rings. The lowest BCUT2D eigenvalue weighted by atomic mass is 10.3. The Balaban J connectivity index is 1.43. The molecule has 3 heterocycles. The Morgan fingerprint density at radius 3 is 2.54 bits per heavy atom. The summed E-state index contributed by atoms with van der Waals surface area (Å²) in [4.78, 5) is 25.5. The van der Waals surface area contributed by atoms with Gasteiger partial charge in [0.2, 0.25) is 0 Å². The van der Waals surface area contributed by atoms with Crippen LogP contribution in [0, 0.1) is 13.8 Å². The van der Waals surface area contributed by atoms with Crippen molar-refractivity contribution in [2.24, 2.45) is 5.73 Å². The number of nitrogens with zero attached hydrogens (tertiary/aromatic N) is 3. The Morgan fingerprint density at radius 2 is 1.80 bits per heavy atom. The number of aryl methyl sites for hydroxylation is 2. The normalized spacial score (nSPS) is 11.7. The first-order chi connectivity index (χ1) is 16.8. The summed E-state index contributed by atoms with van der Waals surface area (Å²) in [6, 6.07) is 0. The van der Waals surface area contributed by atoms with Crippen molar-refractivity contribution in [3.05, 3.63) is 32.2 Å². The number of thiazole rings is 3. The zero-order chi connectivity index (χ0) is 25.3. The van der Waals surface area contributed by atoms with E-state index >= 15 is 0 Å². The lowest BCUT2D eigenvalue weighted by Crippen LogP contribution is -2.28. The summed E-state index contributed by atoms with van der Waals surface area (Å²) < 4.78 is 27.9. The number of amides is 1. The highest BCUT2D eigenvalue weighted by molar-refractivity contribution is 7.91. The molecule has 3 rings (SSSR count). The zero-order valence-corrected chi connectivity index (χ0v) is 23.1. The predicted molar refractivity (Wildman–Crippen MR) is 142 cm³/mol. The summed E-state index contributed by atoms with van der Waals surface area (Å²) >= 11 is 3.96. The molecule has 3 aromatic heterocycles. The molecule has 35 heavy (non-hydrogen) atoms. The van der Waals surface area contributed by atoms with Gasteiger partial charge < -0.3 is 16.4 Å². The quantitative estimate of drug-likeness (QED) is 0.208. The first-order valence-corrected chi connectivity index (χ1v) is 15.4. The van der Waals surface area contributed by atoms with Crippen LogP contribution in [0.1, 0.15) is 45.5 Å². The van der Waals surface area contributed by atoms with Gasteiger partial charge in [-0.15, -0.1) is 34.0 Å². The molecule has 0 aliphatic carbocycles. The van der Waals surface area contributed by atoms with Crippen LogP contribution < -0.4 is 21.1 Å². The number of sulfonamides is 1. The van der Waals surface area contributed by atoms with Crippen LogP contribution in [0.4, 0.5) is 0 Å². The standard InChI is InChI=1S/C21H31N7O3S4/c1-14-21(34-15(2)26-14)35(30,31)25-11-6-18-27-17(13-32-18)20-28-16(12-33-20)19(29)24-10-5-9-23-8-4-3-7-22/h12-13,23,25H,3-11,22H2,1-2H3,(H,24,29). The maximum Gasteiger partial charge on any atom is 0.270 e. The molecule has 14 heteroatoms. The second kappa shape index (κ2) is 13.5. The third kappa shape index (κ3) is 8.37. The third-order valence-electron chi connectivity index (χ3n) is 4.87. The highest BCUT2D eigenvalue weighted by Gasteiger charge is 2.20. The van der Waals surface area contributed by atoms with E-state index in [9.17, 15) is 13.2 Å². The Kier molecular flexibility index (Phi) is 10.7. The Labute approximate surface area is 217 Å². The number of rotatable bonds is 15. The summed E-state index contributed by atoms with van der Waals surface area (Å²) in [5.74, 6) is -0.200. The number of unbranched alkanes of at least 4 members (excludes halogenated alkanes) is 1. The van der Waals surface area contributed by atoms with E-state index in [0.717, 1.165) is 53.7 Å². The van der Waals surface area contributed by atoms with Gasteiger partial charge in [-0.1, -0.05) is 0 Å². The van der Waals surface area contributed by atoms with Gasteiger partial charge in [0.1, 0.15) is 16.4 Å². The number of aromatic nitrogens is 3. The molecular weight excluding hydrogens is 527 g/mol. The molecule has 192 valence electrons. The van der Waals surface area contributed by atoms with E-state index in [2.05, 4.69) is 30.3 Å². The largest absolute Gasteiger partial charge is 0.351 e. The second-order valence-corrected chi connectivity index (χ2v) is 12.7. The van der Waals surface area contributed by atoms with Gasteiger partial charge in [-0.2, -0.15) is 0 Å². The second-order valence-electron chi connectivity index (χ2n) is 7.77. The van der Waals surface area contributed by atoms with Gasteiger partial charge in [0.05, 0.1) is 15.7 Å². The summed E-state index contributed by atoms with van der Waals surface area (Å²) in [7, 11) is -3.59. The summed E-state index contributed by atoms with van der Waals surface area (Å²) in [5, 5.41) is 12.0. The Morgan fingerprint density at radius 1 is 1.00 bits per heavy atom. The van der Waals surface area contributed by atoms with E-state index in [4.69, 9.17) is 5.73 Å². The van der Waals surface area contributed by atoms with Gasteiger partial charge in [-0.25, -0.2) is 28.1 Å². The third-order valence-corrected chi connectivity index (χ3v) is 9.78. The van der Waals surface area contributed by atoms with Crippen LogP contribution in [0.15, 0.2) is 15.0 Å². The average molecular weight is 558 g/mol. The van der Waals surface area contributed by atoms with E-state index in [0.29, 0.717) is 41.6 Å². The smallest absolute Gasteiger partial charge is 0.270 e. The number of hydrogen-bond donors (Lipinski definition) is 4. The van der Waals surface area contributed by atoms with Crippen LogP contribution in [0.5, 0.6) is 0 Å².